The Balaban J connectivity index is 1.79. The molecular formula is C20H18N2O. The predicted octanol–water partition coefficient (Wildman–Crippen LogP) is 4.20. The number of hydrogen-bond acceptors (Lipinski definition) is 3. The topological polar surface area (TPSA) is 33.2 Å². The Morgan fingerprint density at radius 3 is 2.43 bits per heavy atom. The highest BCUT2D eigenvalue weighted by Crippen LogP contribution is 2.15. The quantitative estimate of drug-likeness (QED) is 0.535. The van der Waals surface area contributed by atoms with Crippen LogP contribution in [0.1, 0.15) is 16.1 Å². The molecule has 0 N–H and O–H groups in total. The normalized spacial score (nSPS) is 11.0. The summed E-state index contributed by atoms with van der Waals surface area (Å²) in [6.07, 6.45) is 3.39. The summed E-state index contributed by atoms with van der Waals surface area (Å²) < 4.78 is 0. The van der Waals surface area contributed by atoms with E-state index in [0.717, 1.165) is 22.2 Å². The summed E-state index contributed by atoms with van der Waals surface area (Å²) in [7, 11) is 4.00. The smallest absolute Gasteiger partial charge is 0.204 e. The monoisotopic (exact) mass is 302 g/mol. The number of ketones is 1. The first kappa shape index (κ1) is 15.0. The van der Waals surface area contributed by atoms with Crippen LogP contribution in [0.3, 0.4) is 0 Å². The molecular weight excluding hydrogens is 284 g/mol. The van der Waals surface area contributed by atoms with Gasteiger partial charge in [-0.25, -0.2) is 4.98 Å². The molecule has 0 amide bonds. The van der Waals surface area contributed by atoms with Crippen molar-refractivity contribution in [1.29, 1.82) is 0 Å². The number of carbonyl (C=O) groups is 1. The fourth-order valence-electron chi connectivity index (χ4n) is 2.34. The van der Waals surface area contributed by atoms with Crippen LogP contribution in [0.5, 0.6) is 0 Å². The van der Waals surface area contributed by atoms with E-state index in [1.54, 1.807) is 12.1 Å². The average molecular weight is 302 g/mol. The number of nitrogens with zero attached hydrogens (tertiary/aromatic N) is 2. The first-order valence-electron chi connectivity index (χ1n) is 7.49. The van der Waals surface area contributed by atoms with Gasteiger partial charge >= 0.3 is 0 Å². The number of aromatic nitrogens is 1. The molecule has 0 radical (unpaired) electrons. The molecule has 2 aromatic carbocycles. The summed E-state index contributed by atoms with van der Waals surface area (Å²) in [6.45, 7) is 0. The van der Waals surface area contributed by atoms with Gasteiger partial charge in [0.2, 0.25) is 5.78 Å². The molecule has 0 bridgehead atoms. The lowest BCUT2D eigenvalue weighted by Crippen LogP contribution is -2.07. The van der Waals surface area contributed by atoms with Gasteiger partial charge in [0.05, 0.1) is 5.52 Å². The zero-order valence-corrected chi connectivity index (χ0v) is 13.2. The van der Waals surface area contributed by atoms with E-state index in [4.69, 9.17) is 0 Å². The number of pyridine rings is 1. The molecule has 3 nitrogen and oxygen atoms in total. The Morgan fingerprint density at radius 2 is 1.70 bits per heavy atom. The Morgan fingerprint density at radius 1 is 0.957 bits per heavy atom. The van der Waals surface area contributed by atoms with Crippen molar-refractivity contribution in [1.82, 2.24) is 4.98 Å². The highest BCUT2D eigenvalue weighted by Gasteiger charge is 2.04. The molecule has 0 spiro atoms. The SMILES string of the molecule is CN(C)c1ccc(C=CC(=O)c2ccc3ccccc3n2)cc1. The van der Waals surface area contributed by atoms with Gasteiger partial charge in [0.25, 0.3) is 0 Å². The molecule has 23 heavy (non-hydrogen) atoms. The van der Waals surface area contributed by atoms with Crippen LogP contribution >= 0.6 is 0 Å². The van der Waals surface area contributed by atoms with Gasteiger partial charge in [-0.2, -0.15) is 0 Å². The highest BCUT2D eigenvalue weighted by atomic mass is 16.1. The second-order valence-corrected chi connectivity index (χ2v) is 5.57. The van der Waals surface area contributed by atoms with E-state index >= 15 is 0 Å². The van der Waals surface area contributed by atoms with Crippen LogP contribution in [0.25, 0.3) is 17.0 Å². The van der Waals surface area contributed by atoms with Gasteiger partial charge < -0.3 is 4.90 Å². The van der Waals surface area contributed by atoms with Gasteiger partial charge in [-0.1, -0.05) is 42.5 Å². The van der Waals surface area contributed by atoms with Crippen LogP contribution in [0, 0.1) is 0 Å². The molecule has 0 fully saturated rings. The third-order valence-electron chi connectivity index (χ3n) is 3.69. The summed E-state index contributed by atoms with van der Waals surface area (Å²) in [6, 6.07) is 19.5. The summed E-state index contributed by atoms with van der Waals surface area (Å²) in [5.41, 5.74) is 3.42. The molecule has 0 atom stereocenters. The van der Waals surface area contributed by atoms with Crippen molar-refractivity contribution in [2.45, 2.75) is 0 Å². The molecule has 3 heteroatoms. The molecule has 1 aromatic heterocycles. The zero-order valence-electron chi connectivity index (χ0n) is 13.2. The van der Waals surface area contributed by atoms with Crippen molar-refractivity contribution < 1.29 is 4.79 Å². The zero-order chi connectivity index (χ0) is 16.2. The summed E-state index contributed by atoms with van der Waals surface area (Å²) >= 11 is 0. The lowest BCUT2D eigenvalue weighted by atomic mass is 10.1. The van der Waals surface area contributed by atoms with Gasteiger partial charge in [0.1, 0.15) is 5.69 Å². The molecule has 0 saturated heterocycles. The minimum absolute atomic E-state index is 0.0903. The number of allylic oxidation sites excluding steroid dienone is 1. The fourth-order valence-corrected chi connectivity index (χ4v) is 2.34. The van der Waals surface area contributed by atoms with Gasteiger partial charge in [0, 0.05) is 25.2 Å². The van der Waals surface area contributed by atoms with E-state index in [0.29, 0.717) is 5.69 Å². The molecule has 114 valence electrons. The maximum absolute atomic E-state index is 12.3. The number of hydrogen-bond donors (Lipinski definition) is 0. The van der Waals surface area contributed by atoms with Gasteiger partial charge in [-0.15, -0.1) is 0 Å². The molecule has 0 aliphatic carbocycles. The van der Waals surface area contributed by atoms with Crippen molar-refractivity contribution in [2.24, 2.45) is 0 Å². The Hall–Kier alpha value is -2.94. The van der Waals surface area contributed by atoms with Crippen LogP contribution in [0.15, 0.2) is 66.7 Å². The number of anilines is 1. The van der Waals surface area contributed by atoms with Crippen LogP contribution in [-0.2, 0) is 0 Å². The number of carbonyl (C=O) groups excluding carboxylic acids is 1. The minimum Gasteiger partial charge on any atom is -0.378 e. The van der Waals surface area contributed by atoms with Gasteiger partial charge in [-0.05, 0) is 35.9 Å². The first-order chi connectivity index (χ1) is 11.1. The van der Waals surface area contributed by atoms with E-state index in [9.17, 15) is 4.79 Å². The predicted molar refractivity (Wildman–Crippen MR) is 95.9 cm³/mol. The summed E-state index contributed by atoms with van der Waals surface area (Å²) in [5.74, 6) is -0.0903. The fraction of sp³-hybridized carbons (Fsp3) is 0.100. The van der Waals surface area contributed by atoms with Crippen molar-refractivity contribution >= 4 is 28.4 Å². The summed E-state index contributed by atoms with van der Waals surface area (Å²) in [5, 5.41) is 1.03. The largest absolute Gasteiger partial charge is 0.378 e. The third-order valence-corrected chi connectivity index (χ3v) is 3.69. The van der Waals surface area contributed by atoms with Crippen molar-refractivity contribution in [3.8, 4) is 0 Å². The van der Waals surface area contributed by atoms with E-state index in [2.05, 4.69) is 4.98 Å². The van der Waals surface area contributed by atoms with Crippen LogP contribution < -0.4 is 4.90 Å². The number of benzene rings is 2. The van der Waals surface area contributed by atoms with Gasteiger partial charge in [-0.3, -0.25) is 4.79 Å². The first-order valence-corrected chi connectivity index (χ1v) is 7.49. The summed E-state index contributed by atoms with van der Waals surface area (Å²) in [4.78, 5) is 18.7. The van der Waals surface area contributed by atoms with E-state index < -0.39 is 0 Å². The second-order valence-electron chi connectivity index (χ2n) is 5.57. The number of para-hydroxylation sites is 1. The number of fused-ring (bicyclic) bond motifs is 1. The minimum atomic E-state index is -0.0903. The van der Waals surface area contributed by atoms with Crippen molar-refractivity contribution in [3.63, 3.8) is 0 Å². The lowest BCUT2D eigenvalue weighted by Gasteiger charge is -2.11. The van der Waals surface area contributed by atoms with E-state index in [-0.39, 0.29) is 5.78 Å². The Kier molecular flexibility index (Phi) is 4.20. The second kappa shape index (κ2) is 6.44. The third kappa shape index (κ3) is 3.46. The van der Waals surface area contributed by atoms with Crippen molar-refractivity contribution in [2.75, 3.05) is 19.0 Å². The molecule has 0 aliphatic heterocycles. The van der Waals surface area contributed by atoms with Crippen LogP contribution in [-0.4, -0.2) is 24.9 Å². The van der Waals surface area contributed by atoms with Crippen LogP contribution in [0.4, 0.5) is 5.69 Å². The molecule has 1 heterocycles. The Labute approximate surface area is 135 Å². The van der Waals surface area contributed by atoms with Crippen LogP contribution in [0.2, 0.25) is 0 Å². The van der Waals surface area contributed by atoms with E-state index in [1.165, 1.54) is 0 Å². The highest BCUT2D eigenvalue weighted by molar-refractivity contribution is 6.06. The molecule has 0 saturated carbocycles. The maximum atomic E-state index is 12.3. The van der Waals surface area contributed by atoms with Gasteiger partial charge in [0.15, 0.2) is 0 Å². The standard InChI is InChI=1S/C20H18N2O/c1-22(2)17-11-7-15(8-12-17)9-14-20(23)19-13-10-16-5-3-4-6-18(16)21-19/h3-14H,1-2H3. The number of rotatable bonds is 4. The van der Waals surface area contributed by atoms with Crippen molar-refractivity contribution in [3.05, 3.63) is 78.0 Å². The van der Waals surface area contributed by atoms with E-state index in [1.807, 2.05) is 79.7 Å². The lowest BCUT2D eigenvalue weighted by molar-refractivity contribution is 0.104. The average Bonchev–Trinajstić information content (AvgIpc) is 2.59. The molecule has 3 aromatic rings. The molecule has 0 unspecified atom stereocenters. The molecule has 3 rings (SSSR count). The molecule has 0 aliphatic rings. The maximum Gasteiger partial charge on any atom is 0.204 e. The Bertz CT molecular complexity index is 864.